The second-order valence-corrected chi connectivity index (χ2v) is 2.71. The van der Waals surface area contributed by atoms with E-state index < -0.39 is 12.1 Å². The predicted molar refractivity (Wildman–Crippen MR) is 75.4 cm³/mol. The van der Waals surface area contributed by atoms with Crippen molar-refractivity contribution >= 4 is 5.97 Å². The lowest BCUT2D eigenvalue weighted by molar-refractivity contribution is -0.362. The molecule has 0 aromatic heterocycles. The molecular weight excluding hydrogens is 266 g/mol. The third kappa shape index (κ3) is 18.8. The molecule has 0 bridgehead atoms. The number of carboxylic acid groups (broad SMARTS) is 1. The molecule has 0 radical (unpaired) electrons. The van der Waals surface area contributed by atoms with Crippen LogP contribution in [0.15, 0.2) is 30.3 Å². The predicted octanol–water partition coefficient (Wildman–Crippen LogP) is -0.668. The molecule has 20 heavy (non-hydrogen) atoms. The summed E-state index contributed by atoms with van der Waals surface area (Å²) in [6, 6.07) is 8.11. The normalized spacial score (nSPS) is 8.65. The van der Waals surface area contributed by atoms with Crippen LogP contribution in [0.1, 0.15) is 25.5 Å². The topological polar surface area (TPSA) is 216 Å². The third-order valence-electron chi connectivity index (χ3n) is 1.34. The summed E-state index contributed by atoms with van der Waals surface area (Å²) in [6.07, 6.45) is -1.52. The fraction of sp³-hybridized carbons (Fsp3) is 0.417. The lowest BCUT2D eigenvalue weighted by Gasteiger charge is -2.10. The van der Waals surface area contributed by atoms with Crippen molar-refractivity contribution in [1.29, 1.82) is 0 Å². The molecule has 1 atom stereocenters. The minimum absolute atomic E-state index is 0. The number of carbonyl (C=O) groups is 1. The van der Waals surface area contributed by atoms with Crippen molar-refractivity contribution in [1.82, 2.24) is 18.5 Å². The van der Waals surface area contributed by atoms with Crippen LogP contribution in [0, 0.1) is 0 Å². The van der Waals surface area contributed by atoms with E-state index >= 15 is 0 Å². The van der Waals surface area contributed by atoms with Crippen molar-refractivity contribution in [3.05, 3.63) is 35.9 Å². The molecule has 0 heterocycles. The van der Waals surface area contributed by atoms with Gasteiger partial charge in [-0.3, -0.25) is 0 Å². The number of carbonyl (C=O) groups excluding carboxylic acids is 1. The highest BCUT2D eigenvalue weighted by Crippen LogP contribution is 2.09. The van der Waals surface area contributed by atoms with Gasteiger partial charge in [0.2, 0.25) is 0 Å². The number of aliphatic carboxylic acids is 1. The molecule has 0 saturated heterocycles. The second kappa shape index (κ2) is 22.6. The lowest BCUT2D eigenvalue weighted by Crippen LogP contribution is -2.29. The molecule has 1 aromatic rings. The van der Waals surface area contributed by atoms with Gasteiger partial charge in [-0.25, -0.2) is 0 Å². The zero-order chi connectivity index (χ0) is 13.7. The summed E-state index contributed by atoms with van der Waals surface area (Å²) in [5.41, 5.74) is 0.340. The van der Waals surface area contributed by atoms with Crippen LogP contribution >= 0.6 is 0 Å². The Labute approximate surface area is 119 Å². The summed E-state index contributed by atoms with van der Waals surface area (Å²) in [5.74, 6) is -1.48. The highest BCUT2D eigenvalue weighted by molar-refractivity contribution is 5.71. The first-order chi connectivity index (χ1) is 8.04. The average molecular weight is 295 g/mol. The van der Waals surface area contributed by atoms with Gasteiger partial charge >= 0.3 is 0 Å². The van der Waals surface area contributed by atoms with E-state index in [4.69, 9.17) is 15.3 Å². The summed E-state index contributed by atoms with van der Waals surface area (Å²) in [6.45, 7) is 3.14. The molecule has 0 spiro atoms. The van der Waals surface area contributed by atoms with Crippen molar-refractivity contribution in [3.63, 3.8) is 0 Å². The van der Waals surface area contributed by atoms with E-state index in [9.17, 15) is 9.90 Å². The minimum atomic E-state index is -1.52. The van der Waals surface area contributed by atoms with Crippen LogP contribution < -0.4 is 33.8 Å². The first-order valence-corrected chi connectivity index (χ1v) is 5.15. The van der Waals surface area contributed by atoms with Crippen LogP contribution in [0.4, 0.5) is 0 Å². The number of benzene rings is 1. The maximum atomic E-state index is 10.1. The Balaban J connectivity index is -0.0000000729. The maximum Gasteiger partial charge on any atom is 0.118 e. The molecule has 0 aliphatic heterocycles. The Hall–Kier alpha value is -1.55. The third-order valence-corrected chi connectivity index (χ3v) is 1.34. The highest BCUT2D eigenvalue weighted by Gasteiger charge is 2.05. The van der Waals surface area contributed by atoms with E-state index in [1.807, 2.05) is 0 Å². The first kappa shape index (κ1) is 31.1. The van der Waals surface area contributed by atoms with Gasteiger partial charge in [-0.15, -0.1) is 13.2 Å². The Morgan fingerprint density at radius 2 is 1.35 bits per heavy atom. The first-order valence-electron chi connectivity index (χ1n) is 5.15. The molecule has 122 valence electrons. The monoisotopic (exact) mass is 295 g/mol. The van der Waals surface area contributed by atoms with Gasteiger partial charge in [0.15, 0.2) is 0 Å². The summed E-state index contributed by atoms with van der Waals surface area (Å²) in [5, 5.41) is 36.9. The number of aliphatic hydroxyl groups is 1. The SMILES string of the molecule is CC[O-].CC[O-].O=C([O-])C(O)c1ccccc1.[NH4+].[NH4+].[NH4+]. The zero-order valence-corrected chi connectivity index (χ0v) is 13.0. The second-order valence-electron chi connectivity index (χ2n) is 2.71. The number of aliphatic hydroxyl groups excluding tert-OH is 1. The minimum Gasteiger partial charge on any atom is -0.855 e. The molecule has 1 rings (SSSR count). The van der Waals surface area contributed by atoms with Crippen molar-refractivity contribution in [2.24, 2.45) is 0 Å². The number of hydrogen-bond donors (Lipinski definition) is 4. The quantitative estimate of drug-likeness (QED) is 0.556. The van der Waals surface area contributed by atoms with Crippen LogP contribution in [0.5, 0.6) is 0 Å². The van der Waals surface area contributed by atoms with Crippen LogP contribution in [0.2, 0.25) is 0 Å². The molecule has 1 unspecified atom stereocenters. The number of carboxylic acids is 1. The van der Waals surface area contributed by atoms with Crippen molar-refractivity contribution < 1.29 is 25.2 Å². The summed E-state index contributed by atoms with van der Waals surface area (Å²) < 4.78 is 0. The standard InChI is InChI=1S/C8H8O3.2C2H5O.3H3N/c9-7(8(10)11)6-4-2-1-3-5-6;2*1-2-3;;;/h1-5,7,9H,(H,10,11);2*2H2,1H3;3*1H3/q;2*-1;;;/p+2. The fourth-order valence-corrected chi connectivity index (χ4v) is 0.771. The van der Waals surface area contributed by atoms with Gasteiger partial charge in [-0.2, -0.15) is 0 Å². The molecule has 8 heteroatoms. The van der Waals surface area contributed by atoms with Gasteiger partial charge in [-0.05, 0) is 5.56 Å². The molecular formula is C12H29N3O5. The van der Waals surface area contributed by atoms with Gasteiger partial charge in [0.05, 0.1) is 5.97 Å². The fourth-order valence-electron chi connectivity index (χ4n) is 0.771. The highest BCUT2D eigenvalue weighted by atomic mass is 16.4. The molecule has 0 saturated carbocycles. The van der Waals surface area contributed by atoms with Crippen LogP contribution in [0.3, 0.4) is 0 Å². The summed E-state index contributed by atoms with van der Waals surface area (Å²) >= 11 is 0. The smallest absolute Gasteiger partial charge is 0.118 e. The molecule has 1 aromatic carbocycles. The maximum absolute atomic E-state index is 10.1. The van der Waals surface area contributed by atoms with E-state index in [0.29, 0.717) is 5.56 Å². The van der Waals surface area contributed by atoms with Crippen LogP contribution in [-0.2, 0) is 4.79 Å². The van der Waals surface area contributed by atoms with Gasteiger partial charge in [0, 0.05) is 0 Å². The van der Waals surface area contributed by atoms with E-state index in [2.05, 4.69) is 0 Å². The number of quaternary nitrogens is 3. The van der Waals surface area contributed by atoms with Crippen molar-refractivity contribution in [3.8, 4) is 0 Å². The lowest BCUT2D eigenvalue weighted by atomic mass is 10.1. The average Bonchev–Trinajstić information content (AvgIpc) is 2.31. The Bertz CT molecular complexity index is 284. The largest absolute Gasteiger partial charge is 0.855 e. The Morgan fingerprint density at radius 1 is 1.05 bits per heavy atom. The summed E-state index contributed by atoms with van der Waals surface area (Å²) in [7, 11) is 0. The van der Waals surface area contributed by atoms with Gasteiger partial charge in [0.1, 0.15) is 6.10 Å². The van der Waals surface area contributed by atoms with Crippen molar-refractivity contribution in [2.75, 3.05) is 13.2 Å². The van der Waals surface area contributed by atoms with E-state index in [-0.39, 0.29) is 31.7 Å². The van der Waals surface area contributed by atoms with Gasteiger partial charge in [-0.1, -0.05) is 44.2 Å². The Morgan fingerprint density at radius 3 is 1.60 bits per heavy atom. The zero-order valence-electron chi connectivity index (χ0n) is 13.0. The molecule has 0 aliphatic carbocycles. The van der Waals surface area contributed by atoms with Crippen LogP contribution in [-0.4, -0.2) is 24.3 Å². The van der Waals surface area contributed by atoms with E-state index in [0.717, 1.165) is 0 Å². The number of hydrogen-bond acceptors (Lipinski definition) is 5. The molecule has 0 amide bonds. The molecule has 8 nitrogen and oxygen atoms in total. The molecule has 13 N–H and O–H groups in total. The summed E-state index contributed by atoms with van der Waals surface area (Å²) in [4.78, 5) is 10.1. The van der Waals surface area contributed by atoms with Crippen molar-refractivity contribution in [2.45, 2.75) is 20.0 Å². The van der Waals surface area contributed by atoms with Gasteiger partial charge < -0.3 is 43.7 Å². The molecule has 0 fully saturated rings. The van der Waals surface area contributed by atoms with E-state index in [1.54, 1.807) is 32.0 Å². The number of rotatable bonds is 2. The molecule has 0 aliphatic rings. The van der Waals surface area contributed by atoms with Gasteiger partial charge in [0.25, 0.3) is 0 Å². The Kier molecular flexibility index (Phi) is 35.1. The van der Waals surface area contributed by atoms with E-state index in [1.165, 1.54) is 12.1 Å². The van der Waals surface area contributed by atoms with Crippen LogP contribution in [0.25, 0.3) is 0 Å².